The maximum Gasteiger partial charge on any atom is 0.251 e. The average Bonchev–Trinajstić information content (AvgIpc) is 2.87. The molecule has 0 fully saturated rings. The van der Waals surface area contributed by atoms with E-state index in [1.165, 1.54) is 18.2 Å². The molecule has 8 nitrogen and oxygen atoms in total. The van der Waals surface area contributed by atoms with E-state index in [0.717, 1.165) is 16.9 Å². The van der Waals surface area contributed by atoms with Crippen molar-refractivity contribution in [1.29, 1.82) is 0 Å². The molecule has 0 unspecified atom stereocenters. The van der Waals surface area contributed by atoms with Gasteiger partial charge in [0.15, 0.2) is 9.84 Å². The van der Waals surface area contributed by atoms with Gasteiger partial charge in [-0.2, -0.15) is 0 Å². The Bertz CT molecular complexity index is 1440. The van der Waals surface area contributed by atoms with Gasteiger partial charge in [-0.3, -0.25) is 9.59 Å². The molecule has 0 saturated carbocycles. The minimum atomic E-state index is -4.12. The molecule has 214 valence electrons. The fourth-order valence-electron chi connectivity index (χ4n) is 4.05. The second-order valence-corrected chi connectivity index (χ2v) is 13.1. The van der Waals surface area contributed by atoms with Gasteiger partial charge in [0.25, 0.3) is 5.91 Å². The monoisotopic (exact) mass is 566 g/mol. The van der Waals surface area contributed by atoms with E-state index < -0.39 is 27.3 Å². The minimum Gasteiger partial charge on any atom is -0.497 e. The van der Waals surface area contributed by atoms with E-state index in [-0.39, 0.29) is 28.0 Å². The highest BCUT2D eigenvalue weighted by molar-refractivity contribution is 7.92. The van der Waals surface area contributed by atoms with E-state index in [2.05, 4.69) is 5.32 Å². The molecule has 0 bridgehead atoms. The van der Waals surface area contributed by atoms with Crippen molar-refractivity contribution in [3.05, 3.63) is 72.3 Å². The smallest absolute Gasteiger partial charge is 0.251 e. The number of hydrogen-bond donors (Lipinski definition) is 1. The largest absolute Gasteiger partial charge is 0.497 e. The molecule has 3 rings (SSSR count). The fraction of sp³-hybridized carbons (Fsp3) is 0.355. The summed E-state index contributed by atoms with van der Waals surface area (Å²) in [7, 11) is 1.26. The summed E-state index contributed by atoms with van der Waals surface area (Å²) in [5, 5.41) is 2.79. The first-order valence-electron chi connectivity index (χ1n) is 13.0. The van der Waals surface area contributed by atoms with Gasteiger partial charge < -0.3 is 19.7 Å². The van der Waals surface area contributed by atoms with Crippen molar-refractivity contribution >= 4 is 21.5 Å². The third-order valence-electron chi connectivity index (χ3n) is 5.95. The predicted octanol–water partition coefficient (Wildman–Crippen LogP) is 5.22. The Hall–Kier alpha value is -3.69. The number of ether oxygens (including phenoxy) is 2. The van der Waals surface area contributed by atoms with Gasteiger partial charge >= 0.3 is 0 Å². The van der Waals surface area contributed by atoms with Crippen molar-refractivity contribution in [1.82, 2.24) is 10.2 Å². The van der Waals surface area contributed by atoms with Crippen LogP contribution in [0.25, 0.3) is 11.1 Å². The highest BCUT2D eigenvalue weighted by Gasteiger charge is 2.27. The lowest BCUT2D eigenvalue weighted by atomic mass is 9.90. The third kappa shape index (κ3) is 8.93. The highest BCUT2D eigenvalue weighted by atomic mass is 32.2. The van der Waals surface area contributed by atoms with Crippen molar-refractivity contribution in [3.63, 3.8) is 0 Å². The van der Waals surface area contributed by atoms with Gasteiger partial charge in [0.1, 0.15) is 33.7 Å². The number of ketones is 1. The second-order valence-electron chi connectivity index (χ2n) is 11.1. The van der Waals surface area contributed by atoms with E-state index in [9.17, 15) is 18.0 Å². The average molecular weight is 567 g/mol. The van der Waals surface area contributed by atoms with E-state index in [1.807, 2.05) is 76.2 Å². The number of hydrogen-bond acceptors (Lipinski definition) is 7. The summed E-state index contributed by atoms with van der Waals surface area (Å²) in [6.45, 7) is 6.65. The number of amides is 1. The fourth-order valence-corrected chi connectivity index (χ4v) is 5.46. The Balaban J connectivity index is 1.96. The molecule has 0 atom stereocenters. The minimum absolute atomic E-state index is 0.0419. The van der Waals surface area contributed by atoms with Crippen molar-refractivity contribution in [3.8, 4) is 28.4 Å². The first-order chi connectivity index (χ1) is 18.8. The van der Waals surface area contributed by atoms with Crippen molar-refractivity contribution < 1.29 is 27.5 Å². The van der Waals surface area contributed by atoms with E-state index >= 15 is 0 Å². The molecular weight excluding hydrogens is 528 g/mol. The molecule has 0 heterocycles. The topological polar surface area (TPSA) is 102 Å². The van der Waals surface area contributed by atoms with Crippen LogP contribution >= 0.6 is 0 Å². The second kappa shape index (κ2) is 13.1. The molecule has 1 amide bonds. The molecule has 0 aromatic heterocycles. The molecule has 3 aromatic rings. The summed E-state index contributed by atoms with van der Waals surface area (Å²) in [4.78, 5) is 27.2. The van der Waals surface area contributed by atoms with Gasteiger partial charge in [0.2, 0.25) is 0 Å². The van der Waals surface area contributed by atoms with Crippen LogP contribution in [0.4, 0.5) is 0 Å². The van der Waals surface area contributed by atoms with Crippen LogP contribution in [-0.2, 0) is 14.6 Å². The summed E-state index contributed by atoms with van der Waals surface area (Å²) in [6.07, 6.45) is 0.108. The standard InChI is InChI=1S/C31H38N2O6S/c1-31(2,3)20-25(34)21-40(36,37)29-19-24(30(35)32-16-17-33(4)5)12-15-28(29)39-27-9-7-8-23(18-27)22-10-13-26(38-6)14-11-22/h7-15,18-19H,16-17,20-21H2,1-6H3,(H,32,35). The molecule has 1 N–H and O–H groups in total. The van der Waals surface area contributed by atoms with Crippen LogP contribution < -0.4 is 14.8 Å². The Morgan fingerprint density at radius 3 is 2.23 bits per heavy atom. The summed E-state index contributed by atoms with van der Waals surface area (Å²) < 4.78 is 38.3. The molecular formula is C31H38N2O6S. The molecule has 3 aromatic carbocycles. The van der Waals surface area contributed by atoms with Crippen LogP contribution in [0.3, 0.4) is 0 Å². The van der Waals surface area contributed by atoms with E-state index in [0.29, 0.717) is 18.8 Å². The number of benzene rings is 3. The number of carbonyl (C=O) groups excluding carboxylic acids is 2. The van der Waals surface area contributed by atoms with Crippen LogP contribution in [0.5, 0.6) is 17.2 Å². The van der Waals surface area contributed by atoms with Crippen LogP contribution in [0.2, 0.25) is 0 Å². The molecule has 0 saturated heterocycles. The zero-order valence-electron chi connectivity index (χ0n) is 24.0. The van der Waals surface area contributed by atoms with Crippen LogP contribution in [-0.4, -0.2) is 65.1 Å². The first-order valence-corrected chi connectivity index (χ1v) is 14.7. The Kier molecular flexibility index (Phi) is 10.1. The van der Waals surface area contributed by atoms with Crippen molar-refractivity contribution in [2.75, 3.05) is 40.0 Å². The molecule has 0 radical (unpaired) electrons. The van der Waals surface area contributed by atoms with Crippen molar-refractivity contribution in [2.24, 2.45) is 5.41 Å². The van der Waals surface area contributed by atoms with Gasteiger partial charge in [-0.05, 0) is 73.1 Å². The van der Waals surface area contributed by atoms with Gasteiger partial charge in [0.05, 0.1) is 7.11 Å². The Morgan fingerprint density at radius 1 is 0.900 bits per heavy atom. The predicted molar refractivity (Wildman–Crippen MR) is 157 cm³/mol. The van der Waals surface area contributed by atoms with Gasteiger partial charge in [-0.1, -0.05) is 45.0 Å². The molecule has 9 heteroatoms. The number of likely N-dealkylation sites (N-methyl/N-ethyl adjacent to an activating group) is 1. The number of nitrogens with one attached hydrogen (secondary N) is 1. The maximum absolute atomic E-state index is 13.5. The van der Waals surface area contributed by atoms with E-state index in [4.69, 9.17) is 9.47 Å². The number of Topliss-reactive ketones (excluding diaryl/α,β-unsaturated/α-hetero) is 1. The van der Waals surface area contributed by atoms with Gasteiger partial charge in [0, 0.05) is 25.1 Å². The quantitative estimate of drug-likeness (QED) is 0.321. The van der Waals surface area contributed by atoms with Crippen LogP contribution in [0, 0.1) is 5.41 Å². The summed E-state index contributed by atoms with van der Waals surface area (Å²) in [6, 6.07) is 19.0. The SMILES string of the molecule is COc1ccc(-c2cccc(Oc3ccc(C(=O)NCCN(C)C)cc3S(=O)(=O)CC(=O)CC(C)(C)C)c2)cc1. The number of carbonyl (C=O) groups is 2. The summed E-state index contributed by atoms with van der Waals surface area (Å²) >= 11 is 0. The summed E-state index contributed by atoms with van der Waals surface area (Å²) in [5.41, 5.74) is 1.60. The Labute approximate surface area is 237 Å². The molecule has 0 spiro atoms. The van der Waals surface area contributed by atoms with E-state index in [1.54, 1.807) is 19.2 Å². The zero-order valence-corrected chi connectivity index (χ0v) is 24.8. The first kappa shape index (κ1) is 30.8. The molecule has 40 heavy (non-hydrogen) atoms. The third-order valence-corrected chi connectivity index (χ3v) is 7.64. The Morgan fingerprint density at radius 2 is 1.60 bits per heavy atom. The normalized spacial score (nSPS) is 11.8. The van der Waals surface area contributed by atoms with Gasteiger partial charge in [-0.25, -0.2) is 8.42 Å². The van der Waals surface area contributed by atoms with Crippen LogP contribution in [0.1, 0.15) is 37.6 Å². The number of nitrogens with zero attached hydrogens (tertiary/aromatic N) is 1. The lowest BCUT2D eigenvalue weighted by Gasteiger charge is -2.18. The number of sulfone groups is 1. The molecule has 0 aliphatic carbocycles. The zero-order chi connectivity index (χ0) is 29.5. The van der Waals surface area contributed by atoms with Gasteiger partial charge in [-0.15, -0.1) is 0 Å². The maximum atomic E-state index is 13.5. The highest BCUT2D eigenvalue weighted by Crippen LogP contribution is 2.33. The number of methoxy groups -OCH3 is 1. The summed E-state index contributed by atoms with van der Waals surface area (Å²) in [5.74, 6) is -0.307. The number of rotatable bonds is 12. The lowest BCUT2D eigenvalue weighted by Crippen LogP contribution is -2.31. The lowest BCUT2D eigenvalue weighted by molar-refractivity contribution is -0.118. The molecule has 0 aliphatic heterocycles. The van der Waals surface area contributed by atoms with Crippen LogP contribution in [0.15, 0.2) is 71.6 Å². The molecule has 0 aliphatic rings. The van der Waals surface area contributed by atoms with Crippen molar-refractivity contribution in [2.45, 2.75) is 32.1 Å².